The highest BCUT2D eigenvalue weighted by atomic mass is 16.2. The standard InChI is InChI=1S/C26H33N3O3/c30-24-12-2-1-5-16-28(24)17-7-15-27-25(31)21-13-18-29(19-14-21)26(32)23-11-6-9-20-8-3-4-10-22(20)23/h3-4,6,8-11,21H,1-2,5,7,12-19H2,(H,27,31). The molecule has 3 amide bonds. The molecule has 2 aromatic carbocycles. The predicted molar refractivity (Wildman–Crippen MR) is 125 cm³/mol. The monoisotopic (exact) mass is 435 g/mol. The molecule has 2 saturated heterocycles. The second-order valence-electron chi connectivity index (χ2n) is 8.93. The van der Waals surface area contributed by atoms with Crippen LogP contribution in [-0.2, 0) is 9.59 Å². The van der Waals surface area contributed by atoms with Gasteiger partial charge in [-0.3, -0.25) is 14.4 Å². The first kappa shape index (κ1) is 22.3. The maximum absolute atomic E-state index is 13.1. The molecule has 2 aliphatic rings. The average Bonchev–Trinajstić information content (AvgIpc) is 3.04. The van der Waals surface area contributed by atoms with Gasteiger partial charge in [-0.05, 0) is 48.9 Å². The van der Waals surface area contributed by atoms with Gasteiger partial charge in [0.25, 0.3) is 5.91 Å². The van der Waals surface area contributed by atoms with Crippen LogP contribution in [0, 0.1) is 5.92 Å². The third-order valence-electron chi connectivity index (χ3n) is 6.75. The quantitative estimate of drug-likeness (QED) is 0.705. The summed E-state index contributed by atoms with van der Waals surface area (Å²) in [4.78, 5) is 41.6. The number of carbonyl (C=O) groups excluding carboxylic acids is 3. The zero-order chi connectivity index (χ0) is 22.3. The van der Waals surface area contributed by atoms with Gasteiger partial charge >= 0.3 is 0 Å². The van der Waals surface area contributed by atoms with Gasteiger partial charge < -0.3 is 15.1 Å². The molecule has 4 rings (SSSR count). The second-order valence-corrected chi connectivity index (χ2v) is 8.93. The van der Waals surface area contributed by atoms with Gasteiger partial charge in [0.05, 0.1) is 0 Å². The minimum atomic E-state index is -0.0496. The molecule has 1 N–H and O–H groups in total. The number of amides is 3. The third-order valence-corrected chi connectivity index (χ3v) is 6.75. The van der Waals surface area contributed by atoms with Crippen molar-refractivity contribution in [3.8, 4) is 0 Å². The van der Waals surface area contributed by atoms with E-state index < -0.39 is 0 Å². The maximum Gasteiger partial charge on any atom is 0.254 e. The molecule has 0 atom stereocenters. The maximum atomic E-state index is 13.1. The summed E-state index contributed by atoms with van der Waals surface area (Å²) < 4.78 is 0. The van der Waals surface area contributed by atoms with Crippen LogP contribution in [0.1, 0.15) is 55.3 Å². The largest absolute Gasteiger partial charge is 0.356 e. The van der Waals surface area contributed by atoms with E-state index in [0.29, 0.717) is 38.9 Å². The molecule has 6 nitrogen and oxygen atoms in total. The molecule has 0 aromatic heterocycles. The number of nitrogens with zero attached hydrogens (tertiary/aromatic N) is 2. The van der Waals surface area contributed by atoms with Gasteiger partial charge in [0.15, 0.2) is 0 Å². The van der Waals surface area contributed by atoms with Crippen LogP contribution in [0.4, 0.5) is 0 Å². The van der Waals surface area contributed by atoms with E-state index in [9.17, 15) is 14.4 Å². The Kier molecular flexibility index (Phi) is 7.40. The van der Waals surface area contributed by atoms with E-state index in [0.717, 1.165) is 55.1 Å². The van der Waals surface area contributed by atoms with E-state index in [1.54, 1.807) is 0 Å². The first-order chi connectivity index (χ1) is 15.6. The predicted octanol–water partition coefficient (Wildman–Crippen LogP) is 3.60. The van der Waals surface area contributed by atoms with Crippen LogP contribution in [0.5, 0.6) is 0 Å². The SMILES string of the molecule is O=C(NCCCN1CCCCCC1=O)C1CCN(C(=O)c2cccc3ccccc23)CC1. The highest BCUT2D eigenvalue weighted by Crippen LogP contribution is 2.23. The summed E-state index contributed by atoms with van der Waals surface area (Å²) in [7, 11) is 0. The number of fused-ring (bicyclic) bond motifs is 1. The van der Waals surface area contributed by atoms with Crippen molar-refractivity contribution in [1.29, 1.82) is 0 Å². The number of hydrogen-bond acceptors (Lipinski definition) is 3. The summed E-state index contributed by atoms with van der Waals surface area (Å²) in [6.07, 6.45) is 6.01. The van der Waals surface area contributed by atoms with Crippen molar-refractivity contribution < 1.29 is 14.4 Å². The molecular formula is C26H33N3O3. The zero-order valence-electron chi connectivity index (χ0n) is 18.7. The van der Waals surface area contributed by atoms with Gasteiger partial charge in [-0.1, -0.05) is 42.8 Å². The topological polar surface area (TPSA) is 69.7 Å². The lowest BCUT2D eigenvalue weighted by Gasteiger charge is -2.31. The molecule has 0 spiro atoms. The molecule has 170 valence electrons. The molecule has 2 aromatic rings. The van der Waals surface area contributed by atoms with Gasteiger partial charge in [-0.15, -0.1) is 0 Å². The minimum Gasteiger partial charge on any atom is -0.356 e. The molecule has 0 radical (unpaired) electrons. The molecular weight excluding hydrogens is 402 g/mol. The summed E-state index contributed by atoms with van der Waals surface area (Å²) in [5.74, 6) is 0.315. The molecule has 0 unspecified atom stereocenters. The van der Waals surface area contributed by atoms with Crippen molar-refractivity contribution in [2.24, 2.45) is 5.92 Å². The van der Waals surface area contributed by atoms with Crippen LogP contribution in [0.15, 0.2) is 42.5 Å². The lowest BCUT2D eigenvalue weighted by molar-refractivity contribution is -0.130. The highest BCUT2D eigenvalue weighted by molar-refractivity contribution is 6.07. The molecule has 6 heteroatoms. The van der Waals surface area contributed by atoms with Crippen molar-refractivity contribution >= 4 is 28.5 Å². The number of likely N-dealkylation sites (tertiary alicyclic amines) is 2. The van der Waals surface area contributed by atoms with Crippen LogP contribution in [0.25, 0.3) is 10.8 Å². The van der Waals surface area contributed by atoms with Crippen LogP contribution >= 0.6 is 0 Å². The summed E-state index contributed by atoms with van der Waals surface area (Å²) >= 11 is 0. The number of carbonyl (C=O) groups is 3. The average molecular weight is 436 g/mol. The Morgan fingerprint density at radius 1 is 0.938 bits per heavy atom. The van der Waals surface area contributed by atoms with Crippen LogP contribution < -0.4 is 5.32 Å². The smallest absolute Gasteiger partial charge is 0.254 e. The summed E-state index contributed by atoms with van der Waals surface area (Å²) in [6.45, 7) is 3.36. The summed E-state index contributed by atoms with van der Waals surface area (Å²) in [5, 5.41) is 5.08. The summed E-state index contributed by atoms with van der Waals surface area (Å²) in [6, 6.07) is 13.8. The fourth-order valence-corrected chi connectivity index (χ4v) is 4.83. The molecule has 0 bridgehead atoms. The lowest BCUT2D eigenvalue weighted by Crippen LogP contribution is -2.43. The van der Waals surface area contributed by atoms with E-state index >= 15 is 0 Å². The third kappa shape index (κ3) is 5.29. The lowest BCUT2D eigenvalue weighted by atomic mass is 9.94. The van der Waals surface area contributed by atoms with Crippen molar-refractivity contribution in [3.63, 3.8) is 0 Å². The Hall–Kier alpha value is -2.89. The fourth-order valence-electron chi connectivity index (χ4n) is 4.83. The first-order valence-electron chi connectivity index (χ1n) is 12.0. The van der Waals surface area contributed by atoms with E-state index in [1.165, 1.54) is 0 Å². The number of rotatable bonds is 6. The van der Waals surface area contributed by atoms with Crippen molar-refractivity contribution in [1.82, 2.24) is 15.1 Å². The molecule has 2 fully saturated rings. The Bertz CT molecular complexity index is 960. The fraction of sp³-hybridized carbons (Fsp3) is 0.500. The zero-order valence-corrected chi connectivity index (χ0v) is 18.7. The van der Waals surface area contributed by atoms with Gasteiger partial charge in [0.2, 0.25) is 11.8 Å². The summed E-state index contributed by atoms with van der Waals surface area (Å²) in [5.41, 5.74) is 0.731. The Balaban J connectivity index is 1.22. The van der Waals surface area contributed by atoms with Crippen molar-refractivity contribution in [3.05, 3.63) is 48.0 Å². The van der Waals surface area contributed by atoms with Crippen LogP contribution in [0.2, 0.25) is 0 Å². The first-order valence-corrected chi connectivity index (χ1v) is 12.0. The number of hydrogen-bond donors (Lipinski definition) is 1. The molecule has 0 aliphatic carbocycles. The van der Waals surface area contributed by atoms with E-state index in [-0.39, 0.29) is 23.6 Å². The minimum absolute atomic E-state index is 0.0442. The van der Waals surface area contributed by atoms with Gasteiger partial charge in [-0.2, -0.15) is 0 Å². The van der Waals surface area contributed by atoms with Gasteiger partial charge in [0.1, 0.15) is 0 Å². The number of benzene rings is 2. The Labute approximate surface area is 189 Å². The Morgan fingerprint density at radius 2 is 1.72 bits per heavy atom. The molecule has 0 saturated carbocycles. The molecule has 32 heavy (non-hydrogen) atoms. The van der Waals surface area contributed by atoms with Gasteiger partial charge in [-0.25, -0.2) is 0 Å². The molecule has 2 aliphatic heterocycles. The second kappa shape index (κ2) is 10.6. The van der Waals surface area contributed by atoms with Crippen molar-refractivity contribution in [2.75, 3.05) is 32.7 Å². The van der Waals surface area contributed by atoms with Crippen molar-refractivity contribution in [2.45, 2.75) is 44.9 Å². The van der Waals surface area contributed by atoms with E-state index in [1.807, 2.05) is 52.3 Å². The van der Waals surface area contributed by atoms with Gasteiger partial charge in [0, 0.05) is 50.6 Å². The molecule has 2 heterocycles. The number of nitrogens with one attached hydrogen (secondary N) is 1. The highest BCUT2D eigenvalue weighted by Gasteiger charge is 2.28. The van der Waals surface area contributed by atoms with Crippen LogP contribution in [-0.4, -0.2) is 60.2 Å². The van der Waals surface area contributed by atoms with Crippen LogP contribution in [0.3, 0.4) is 0 Å². The van der Waals surface area contributed by atoms with E-state index in [2.05, 4.69) is 5.32 Å². The van der Waals surface area contributed by atoms with E-state index in [4.69, 9.17) is 0 Å². The number of piperidine rings is 1. The Morgan fingerprint density at radius 3 is 2.56 bits per heavy atom. The normalized spacial score (nSPS) is 17.9.